The Hall–Kier alpha value is -0.860. The topological polar surface area (TPSA) is 46.2 Å². The molecular weight excluding hydrogens is 178 g/mol. The van der Waals surface area contributed by atoms with Crippen LogP contribution in [0, 0.1) is 11.8 Å². The summed E-state index contributed by atoms with van der Waals surface area (Å²) >= 11 is 0. The van der Waals surface area contributed by atoms with Crippen LogP contribution >= 0.6 is 0 Å². The normalized spacial score (nSPS) is 36.6. The molecule has 78 valence electrons. The first-order valence-corrected chi connectivity index (χ1v) is 5.46. The number of ketones is 1. The molecule has 1 amide bonds. The van der Waals surface area contributed by atoms with Crippen molar-refractivity contribution in [3.8, 4) is 0 Å². The maximum atomic E-state index is 11.5. The molecule has 0 aromatic carbocycles. The molecule has 0 saturated heterocycles. The van der Waals surface area contributed by atoms with E-state index in [1.165, 1.54) is 0 Å². The van der Waals surface area contributed by atoms with Crippen molar-refractivity contribution in [3.05, 3.63) is 0 Å². The first-order valence-electron chi connectivity index (χ1n) is 5.46. The number of Topliss-reactive ketones (excluding diaryl/α,β-unsaturated/α-hetero) is 1. The van der Waals surface area contributed by atoms with E-state index < -0.39 is 0 Å². The summed E-state index contributed by atoms with van der Waals surface area (Å²) in [6.45, 7) is 1.56. The van der Waals surface area contributed by atoms with Crippen molar-refractivity contribution in [2.45, 2.75) is 45.1 Å². The first-order chi connectivity index (χ1) is 6.66. The Bertz CT molecular complexity index is 262. The van der Waals surface area contributed by atoms with E-state index in [9.17, 15) is 9.59 Å². The SMILES string of the molecule is CC(=O)NC1CCC2C(=O)CCC2C1. The number of hydrogen-bond donors (Lipinski definition) is 1. The Labute approximate surface area is 84.2 Å². The van der Waals surface area contributed by atoms with E-state index in [0.29, 0.717) is 23.7 Å². The van der Waals surface area contributed by atoms with Gasteiger partial charge in [-0.05, 0) is 31.6 Å². The van der Waals surface area contributed by atoms with Crippen LogP contribution in [0.25, 0.3) is 0 Å². The van der Waals surface area contributed by atoms with E-state index in [2.05, 4.69) is 5.32 Å². The summed E-state index contributed by atoms with van der Waals surface area (Å²) in [5, 5.41) is 2.96. The Morgan fingerprint density at radius 2 is 2.14 bits per heavy atom. The zero-order valence-corrected chi connectivity index (χ0v) is 8.58. The largest absolute Gasteiger partial charge is 0.354 e. The number of carbonyl (C=O) groups excluding carboxylic acids is 2. The van der Waals surface area contributed by atoms with Gasteiger partial charge < -0.3 is 5.32 Å². The molecule has 0 spiro atoms. The van der Waals surface area contributed by atoms with E-state index in [1.807, 2.05) is 0 Å². The van der Waals surface area contributed by atoms with Crippen LogP contribution in [-0.2, 0) is 9.59 Å². The summed E-state index contributed by atoms with van der Waals surface area (Å²) in [5.74, 6) is 1.38. The van der Waals surface area contributed by atoms with Gasteiger partial charge in [-0.1, -0.05) is 0 Å². The quantitative estimate of drug-likeness (QED) is 0.685. The first kappa shape index (κ1) is 9.69. The van der Waals surface area contributed by atoms with Crippen LogP contribution in [0.4, 0.5) is 0 Å². The third-order valence-electron chi connectivity index (χ3n) is 3.56. The molecule has 0 bridgehead atoms. The van der Waals surface area contributed by atoms with Gasteiger partial charge in [-0.15, -0.1) is 0 Å². The van der Waals surface area contributed by atoms with Crippen LogP contribution in [0.3, 0.4) is 0 Å². The van der Waals surface area contributed by atoms with E-state index >= 15 is 0 Å². The van der Waals surface area contributed by atoms with Crippen molar-refractivity contribution in [1.82, 2.24) is 5.32 Å². The molecule has 3 unspecified atom stereocenters. The molecule has 0 aromatic rings. The molecule has 0 aromatic heterocycles. The Morgan fingerprint density at radius 3 is 2.86 bits per heavy atom. The van der Waals surface area contributed by atoms with Crippen molar-refractivity contribution in [1.29, 1.82) is 0 Å². The molecule has 2 fully saturated rings. The van der Waals surface area contributed by atoms with Gasteiger partial charge >= 0.3 is 0 Å². The van der Waals surface area contributed by atoms with Crippen LogP contribution in [0.2, 0.25) is 0 Å². The molecule has 2 saturated carbocycles. The second-order valence-electron chi connectivity index (χ2n) is 4.58. The fraction of sp³-hybridized carbons (Fsp3) is 0.818. The third-order valence-corrected chi connectivity index (χ3v) is 3.56. The van der Waals surface area contributed by atoms with Gasteiger partial charge in [0.25, 0.3) is 0 Å². The van der Waals surface area contributed by atoms with Gasteiger partial charge in [0.1, 0.15) is 5.78 Å². The number of carbonyl (C=O) groups is 2. The minimum Gasteiger partial charge on any atom is -0.354 e. The zero-order chi connectivity index (χ0) is 10.1. The molecule has 3 heteroatoms. The molecule has 0 radical (unpaired) electrons. The highest BCUT2D eigenvalue weighted by Crippen LogP contribution is 2.39. The molecule has 3 atom stereocenters. The standard InChI is InChI=1S/C11H17NO2/c1-7(13)12-9-3-4-10-8(6-9)2-5-11(10)14/h8-10H,2-6H2,1H3,(H,12,13). The smallest absolute Gasteiger partial charge is 0.217 e. The monoisotopic (exact) mass is 195 g/mol. The van der Waals surface area contributed by atoms with E-state index in [-0.39, 0.29) is 5.91 Å². The molecular formula is C11H17NO2. The number of nitrogens with one attached hydrogen (secondary N) is 1. The third kappa shape index (κ3) is 1.81. The van der Waals surface area contributed by atoms with E-state index in [1.54, 1.807) is 6.92 Å². The molecule has 3 nitrogen and oxygen atoms in total. The molecule has 2 aliphatic carbocycles. The van der Waals surface area contributed by atoms with Gasteiger partial charge in [0.15, 0.2) is 0 Å². The highest BCUT2D eigenvalue weighted by Gasteiger charge is 2.39. The summed E-state index contributed by atoms with van der Waals surface area (Å²) < 4.78 is 0. The second-order valence-corrected chi connectivity index (χ2v) is 4.58. The average Bonchev–Trinajstić information content (AvgIpc) is 2.46. The number of hydrogen-bond acceptors (Lipinski definition) is 2. The second kappa shape index (κ2) is 3.71. The lowest BCUT2D eigenvalue weighted by molar-refractivity contribution is -0.122. The predicted octanol–water partition coefficient (Wildman–Crippen LogP) is 1.27. The molecule has 0 aliphatic heterocycles. The lowest BCUT2D eigenvalue weighted by Gasteiger charge is -2.31. The Balaban J connectivity index is 1.92. The van der Waals surface area contributed by atoms with Crippen molar-refractivity contribution >= 4 is 11.7 Å². The van der Waals surface area contributed by atoms with Crippen LogP contribution in [0.5, 0.6) is 0 Å². The fourth-order valence-corrected chi connectivity index (χ4v) is 2.94. The van der Waals surface area contributed by atoms with Crippen molar-refractivity contribution in [2.24, 2.45) is 11.8 Å². The molecule has 14 heavy (non-hydrogen) atoms. The Morgan fingerprint density at radius 1 is 1.36 bits per heavy atom. The molecule has 0 heterocycles. The molecule has 2 aliphatic rings. The lowest BCUT2D eigenvalue weighted by Crippen LogP contribution is -2.39. The van der Waals surface area contributed by atoms with Crippen LogP contribution < -0.4 is 5.32 Å². The van der Waals surface area contributed by atoms with Gasteiger partial charge in [0.05, 0.1) is 0 Å². The summed E-state index contributed by atoms with van der Waals surface area (Å²) in [4.78, 5) is 22.3. The van der Waals surface area contributed by atoms with Crippen LogP contribution in [-0.4, -0.2) is 17.7 Å². The maximum Gasteiger partial charge on any atom is 0.217 e. The fourth-order valence-electron chi connectivity index (χ4n) is 2.94. The van der Waals surface area contributed by atoms with Crippen molar-refractivity contribution in [2.75, 3.05) is 0 Å². The van der Waals surface area contributed by atoms with Crippen LogP contribution in [0.1, 0.15) is 39.0 Å². The van der Waals surface area contributed by atoms with Crippen LogP contribution in [0.15, 0.2) is 0 Å². The zero-order valence-electron chi connectivity index (χ0n) is 8.58. The minimum atomic E-state index is 0.0535. The Kier molecular flexibility index (Phi) is 2.57. The molecule has 2 rings (SSSR count). The summed E-state index contributed by atoms with van der Waals surface area (Å²) in [6, 6.07) is 0.319. The van der Waals surface area contributed by atoms with Gasteiger partial charge in [-0.3, -0.25) is 9.59 Å². The maximum absolute atomic E-state index is 11.5. The highest BCUT2D eigenvalue weighted by molar-refractivity contribution is 5.83. The van der Waals surface area contributed by atoms with E-state index in [0.717, 1.165) is 32.1 Å². The summed E-state index contributed by atoms with van der Waals surface area (Å²) in [7, 11) is 0. The van der Waals surface area contributed by atoms with Gasteiger partial charge in [0, 0.05) is 25.3 Å². The predicted molar refractivity (Wildman–Crippen MR) is 52.7 cm³/mol. The van der Waals surface area contributed by atoms with Crippen molar-refractivity contribution < 1.29 is 9.59 Å². The minimum absolute atomic E-state index is 0.0535. The number of fused-ring (bicyclic) bond motifs is 1. The van der Waals surface area contributed by atoms with Crippen molar-refractivity contribution in [3.63, 3.8) is 0 Å². The van der Waals surface area contributed by atoms with Gasteiger partial charge in [-0.2, -0.15) is 0 Å². The molecule has 1 N–H and O–H groups in total. The average molecular weight is 195 g/mol. The van der Waals surface area contributed by atoms with Gasteiger partial charge in [0.2, 0.25) is 5.91 Å². The van der Waals surface area contributed by atoms with E-state index in [4.69, 9.17) is 0 Å². The lowest BCUT2D eigenvalue weighted by atomic mass is 9.79. The van der Waals surface area contributed by atoms with Gasteiger partial charge in [-0.25, -0.2) is 0 Å². The summed E-state index contributed by atoms with van der Waals surface area (Å²) in [5.41, 5.74) is 0. The number of amides is 1. The number of rotatable bonds is 1. The highest BCUT2D eigenvalue weighted by atomic mass is 16.1. The summed E-state index contributed by atoms with van der Waals surface area (Å²) in [6.07, 6.45) is 4.78.